The average molecular weight is 368 g/mol. The fraction of sp³-hybridized carbons (Fsp3) is 0.350. The third-order valence-electron chi connectivity index (χ3n) is 4.62. The zero-order chi connectivity index (χ0) is 19.2. The number of hydrogen-bond donors (Lipinski definition) is 3. The summed E-state index contributed by atoms with van der Waals surface area (Å²) in [5.41, 5.74) is 10.5. The summed E-state index contributed by atoms with van der Waals surface area (Å²) < 4.78 is 4.60. The van der Waals surface area contributed by atoms with Crippen LogP contribution < -0.4 is 16.4 Å². The Hall–Kier alpha value is -2.93. The number of hydrogen-bond acceptors (Lipinski definition) is 5. The highest BCUT2D eigenvalue weighted by atomic mass is 16.5. The van der Waals surface area contributed by atoms with Crippen LogP contribution in [0.4, 0.5) is 10.5 Å². The number of nitrogens with two attached hydrogens (primary N) is 1. The number of nitrogens with zero attached hydrogens (tertiary/aromatic N) is 1. The summed E-state index contributed by atoms with van der Waals surface area (Å²) in [6.45, 7) is 0.308. The van der Waals surface area contributed by atoms with E-state index in [1.807, 2.05) is 30.3 Å². The van der Waals surface area contributed by atoms with Gasteiger partial charge in [-0.2, -0.15) is 0 Å². The van der Waals surface area contributed by atoms with Gasteiger partial charge in [-0.1, -0.05) is 18.6 Å². The van der Waals surface area contributed by atoms with Crippen molar-refractivity contribution >= 4 is 17.7 Å². The number of carbonyl (C=O) groups is 2. The van der Waals surface area contributed by atoms with Gasteiger partial charge in [0.05, 0.1) is 12.8 Å². The molecule has 1 aromatic carbocycles. The van der Waals surface area contributed by atoms with Crippen LogP contribution in [0.1, 0.15) is 43.0 Å². The molecule has 7 nitrogen and oxygen atoms in total. The van der Waals surface area contributed by atoms with Gasteiger partial charge >= 0.3 is 6.09 Å². The van der Waals surface area contributed by atoms with Crippen LogP contribution in [-0.2, 0) is 16.1 Å². The minimum Gasteiger partial charge on any atom is -0.453 e. The van der Waals surface area contributed by atoms with E-state index in [2.05, 4.69) is 20.4 Å². The van der Waals surface area contributed by atoms with Crippen LogP contribution in [0, 0.1) is 0 Å². The van der Waals surface area contributed by atoms with E-state index in [1.54, 1.807) is 6.20 Å². The Kier molecular flexibility index (Phi) is 6.03. The predicted octanol–water partition coefficient (Wildman–Crippen LogP) is 3.12. The van der Waals surface area contributed by atoms with E-state index < -0.39 is 6.09 Å². The van der Waals surface area contributed by atoms with Gasteiger partial charge in [0.2, 0.25) is 5.91 Å². The zero-order valence-electron chi connectivity index (χ0n) is 15.3. The van der Waals surface area contributed by atoms with Crippen molar-refractivity contribution < 1.29 is 14.3 Å². The molecule has 0 radical (unpaired) electrons. The summed E-state index contributed by atoms with van der Waals surface area (Å²) >= 11 is 0. The number of nitrogens with one attached hydrogen (secondary N) is 2. The molecular weight excluding hydrogens is 344 g/mol. The minimum atomic E-state index is -0.500. The first-order valence-corrected chi connectivity index (χ1v) is 9.03. The van der Waals surface area contributed by atoms with E-state index in [0.29, 0.717) is 18.7 Å². The number of ether oxygens (including phenoxy) is 1. The van der Waals surface area contributed by atoms with E-state index >= 15 is 0 Å². The number of aromatic nitrogens is 1. The van der Waals surface area contributed by atoms with Crippen molar-refractivity contribution in [2.45, 2.75) is 38.3 Å². The standard InChI is InChI=1S/C20H24N4O3/c1-27-20(26)23-12-13-6-7-15-14-8-9-22-18(11-14)16(21)4-2-3-5-19(25)24-17(15)10-13/h6-11,16H,2-5,12,21H2,1H3,(H,23,26)(H,24,25)/t16-/m0/s1. The molecule has 27 heavy (non-hydrogen) atoms. The summed E-state index contributed by atoms with van der Waals surface area (Å²) in [5, 5.41) is 5.65. The summed E-state index contributed by atoms with van der Waals surface area (Å²) in [7, 11) is 1.32. The van der Waals surface area contributed by atoms with Gasteiger partial charge in [0, 0.05) is 36.5 Å². The summed E-state index contributed by atoms with van der Waals surface area (Å²) in [6, 6.07) is 9.45. The Morgan fingerprint density at radius 3 is 3.00 bits per heavy atom. The van der Waals surface area contributed by atoms with Gasteiger partial charge in [0.15, 0.2) is 0 Å². The second-order valence-electron chi connectivity index (χ2n) is 6.59. The van der Waals surface area contributed by atoms with E-state index in [9.17, 15) is 9.59 Å². The molecule has 2 aromatic rings. The van der Waals surface area contributed by atoms with Crippen LogP contribution >= 0.6 is 0 Å². The van der Waals surface area contributed by atoms with Gasteiger partial charge in [-0.25, -0.2) is 4.79 Å². The number of methoxy groups -OCH3 is 1. The number of carbonyl (C=O) groups excluding carboxylic acids is 2. The minimum absolute atomic E-state index is 0.0299. The van der Waals surface area contributed by atoms with Crippen molar-refractivity contribution in [3.8, 4) is 11.1 Å². The molecule has 0 saturated carbocycles. The number of rotatable bonds is 2. The highest BCUT2D eigenvalue weighted by Gasteiger charge is 2.15. The number of pyridine rings is 1. The Morgan fingerprint density at radius 2 is 2.19 bits per heavy atom. The molecule has 1 atom stereocenters. The summed E-state index contributed by atoms with van der Waals surface area (Å²) in [6.07, 6.45) is 4.13. The molecule has 7 heteroatoms. The average Bonchev–Trinajstić information content (AvgIpc) is 2.68. The second kappa shape index (κ2) is 8.64. The van der Waals surface area contributed by atoms with Gasteiger partial charge in [-0.05, 0) is 42.2 Å². The lowest BCUT2D eigenvalue weighted by atomic mass is 9.98. The Morgan fingerprint density at radius 1 is 1.33 bits per heavy atom. The van der Waals surface area contributed by atoms with Crippen LogP contribution in [0.5, 0.6) is 0 Å². The summed E-state index contributed by atoms with van der Waals surface area (Å²) in [4.78, 5) is 28.1. The molecule has 1 aliphatic rings. The summed E-state index contributed by atoms with van der Waals surface area (Å²) in [5.74, 6) is -0.0299. The molecule has 2 amide bonds. The van der Waals surface area contributed by atoms with Crippen LogP contribution in [-0.4, -0.2) is 24.1 Å². The first-order valence-electron chi connectivity index (χ1n) is 9.03. The van der Waals surface area contributed by atoms with Crippen molar-refractivity contribution in [2.75, 3.05) is 12.4 Å². The molecule has 0 spiro atoms. The first kappa shape index (κ1) is 18.8. The topological polar surface area (TPSA) is 106 Å². The third kappa shape index (κ3) is 4.83. The molecular formula is C20H24N4O3. The number of alkyl carbamates (subject to hydrolysis) is 1. The normalized spacial score (nSPS) is 17.0. The smallest absolute Gasteiger partial charge is 0.407 e. The maximum Gasteiger partial charge on any atom is 0.407 e. The fourth-order valence-corrected chi connectivity index (χ4v) is 3.13. The van der Waals surface area contributed by atoms with Gasteiger partial charge in [-0.3, -0.25) is 9.78 Å². The quantitative estimate of drug-likeness (QED) is 0.755. The van der Waals surface area contributed by atoms with Gasteiger partial charge < -0.3 is 21.1 Å². The molecule has 2 heterocycles. The lowest BCUT2D eigenvalue weighted by Crippen LogP contribution is -2.22. The van der Waals surface area contributed by atoms with Crippen LogP contribution in [0.15, 0.2) is 36.5 Å². The van der Waals surface area contributed by atoms with Gasteiger partial charge in [0.25, 0.3) is 0 Å². The number of benzene rings is 1. The fourth-order valence-electron chi connectivity index (χ4n) is 3.13. The van der Waals surface area contributed by atoms with E-state index in [1.165, 1.54) is 7.11 Å². The van der Waals surface area contributed by atoms with E-state index in [4.69, 9.17) is 5.73 Å². The highest BCUT2D eigenvalue weighted by Crippen LogP contribution is 2.31. The second-order valence-corrected chi connectivity index (χ2v) is 6.59. The maximum atomic E-state index is 12.3. The lowest BCUT2D eigenvalue weighted by molar-refractivity contribution is -0.116. The Bertz CT molecular complexity index is 838. The Labute approximate surface area is 158 Å². The van der Waals surface area contributed by atoms with E-state index in [0.717, 1.165) is 41.6 Å². The number of anilines is 1. The van der Waals surface area contributed by atoms with Crippen LogP contribution in [0.25, 0.3) is 11.1 Å². The van der Waals surface area contributed by atoms with Crippen molar-refractivity contribution in [2.24, 2.45) is 5.73 Å². The molecule has 1 aliphatic heterocycles. The highest BCUT2D eigenvalue weighted by molar-refractivity contribution is 5.95. The third-order valence-corrected chi connectivity index (χ3v) is 4.62. The maximum absolute atomic E-state index is 12.3. The zero-order valence-corrected chi connectivity index (χ0v) is 15.3. The molecule has 3 rings (SSSR count). The van der Waals surface area contributed by atoms with Gasteiger partial charge in [-0.15, -0.1) is 0 Å². The molecule has 1 aromatic heterocycles. The van der Waals surface area contributed by atoms with Crippen molar-refractivity contribution in [1.82, 2.24) is 10.3 Å². The van der Waals surface area contributed by atoms with Crippen molar-refractivity contribution in [3.05, 3.63) is 47.8 Å². The van der Waals surface area contributed by atoms with Crippen LogP contribution in [0.2, 0.25) is 0 Å². The SMILES string of the molecule is COC(=O)NCc1ccc2c(c1)NC(=O)CCCC[C@H](N)c1cc-2ccn1. The van der Waals surface area contributed by atoms with Crippen molar-refractivity contribution in [3.63, 3.8) is 0 Å². The lowest BCUT2D eigenvalue weighted by Gasteiger charge is -2.17. The Balaban J connectivity index is 1.98. The number of amides is 2. The number of fused-ring (bicyclic) bond motifs is 4. The first-order chi connectivity index (χ1) is 13.1. The molecule has 4 N–H and O–H groups in total. The molecule has 2 bridgehead atoms. The molecule has 0 fully saturated rings. The van der Waals surface area contributed by atoms with Crippen molar-refractivity contribution in [1.29, 1.82) is 0 Å². The largest absolute Gasteiger partial charge is 0.453 e. The van der Waals surface area contributed by atoms with Gasteiger partial charge in [0.1, 0.15) is 0 Å². The predicted molar refractivity (Wildman–Crippen MR) is 103 cm³/mol. The molecule has 0 unspecified atom stereocenters. The molecule has 142 valence electrons. The monoisotopic (exact) mass is 368 g/mol. The van der Waals surface area contributed by atoms with E-state index in [-0.39, 0.29) is 11.9 Å². The van der Waals surface area contributed by atoms with Crippen LogP contribution in [0.3, 0.4) is 0 Å². The molecule has 0 aliphatic carbocycles. The molecule has 0 saturated heterocycles.